The Hall–Kier alpha value is -2.97. The molecule has 0 saturated carbocycles. The van der Waals surface area contributed by atoms with Gasteiger partial charge in [0.2, 0.25) is 11.7 Å². The van der Waals surface area contributed by atoms with Crippen molar-refractivity contribution in [3.63, 3.8) is 0 Å². The molecule has 2 amide bonds. The SMILES string of the molecule is COc1cc(C(=O)OCC(=O)N(C)CC(=O)NC(C)(C)C)cc2c1OCCO2. The van der Waals surface area contributed by atoms with Gasteiger partial charge in [-0.2, -0.15) is 0 Å². The number of rotatable bonds is 6. The van der Waals surface area contributed by atoms with Gasteiger partial charge in [-0.1, -0.05) is 0 Å². The highest BCUT2D eigenvalue weighted by Crippen LogP contribution is 2.40. The molecule has 0 bridgehead atoms. The summed E-state index contributed by atoms with van der Waals surface area (Å²) in [5.74, 6) is -0.374. The summed E-state index contributed by atoms with van der Waals surface area (Å²) >= 11 is 0. The second kappa shape index (κ2) is 8.81. The van der Waals surface area contributed by atoms with Crippen molar-refractivity contribution in [2.45, 2.75) is 26.3 Å². The van der Waals surface area contributed by atoms with E-state index in [4.69, 9.17) is 18.9 Å². The van der Waals surface area contributed by atoms with Crippen molar-refractivity contribution in [1.29, 1.82) is 0 Å². The zero-order valence-electron chi connectivity index (χ0n) is 16.8. The van der Waals surface area contributed by atoms with Gasteiger partial charge < -0.3 is 29.2 Å². The first-order chi connectivity index (χ1) is 13.1. The summed E-state index contributed by atoms with van der Waals surface area (Å²) in [5.41, 5.74) is -0.230. The highest BCUT2D eigenvalue weighted by Gasteiger charge is 2.23. The lowest BCUT2D eigenvalue weighted by atomic mass is 10.1. The number of hydrogen-bond acceptors (Lipinski definition) is 7. The second-order valence-corrected chi connectivity index (χ2v) is 7.33. The Kier molecular flexibility index (Phi) is 6.71. The highest BCUT2D eigenvalue weighted by molar-refractivity contribution is 5.93. The molecule has 1 N–H and O–H groups in total. The fourth-order valence-corrected chi connectivity index (χ4v) is 2.47. The van der Waals surface area contributed by atoms with Gasteiger partial charge in [0.05, 0.1) is 19.2 Å². The Morgan fingerprint density at radius 2 is 1.86 bits per heavy atom. The monoisotopic (exact) mass is 394 g/mol. The number of nitrogens with one attached hydrogen (secondary N) is 1. The predicted octanol–water partition coefficient (Wildman–Crippen LogP) is 0.996. The van der Waals surface area contributed by atoms with E-state index in [0.29, 0.717) is 30.5 Å². The molecule has 9 heteroatoms. The molecule has 28 heavy (non-hydrogen) atoms. The van der Waals surface area contributed by atoms with E-state index in [9.17, 15) is 14.4 Å². The molecule has 1 aliphatic rings. The molecule has 1 aliphatic heterocycles. The van der Waals surface area contributed by atoms with Crippen LogP contribution >= 0.6 is 0 Å². The standard InChI is InChI=1S/C19H26N2O7/c1-19(2,3)20-15(22)10-21(4)16(23)11-28-18(24)12-8-13(25-5)17-14(9-12)26-6-7-27-17/h8-9H,6-7,10-11H2,1-5H3,(H,20,22). The van der Waals surface area contributed by atoms with Gasteiger partial charge in [0, 0.05) is 12.6 Å². The van der Waals surface area contributed by atoms with Crippen LogP contribution in [0.25, 0.3) is 0 Å². The summed E-state index contributed by atoms with van der Waals surface area (Å²) in [7, 11) is 2.91. The third kappa shape index (κ3) is 5.77. The maximum atomic E-state index is 12.3. The quantitative estimate of drug-likeness (QED) is 0.718. The summed E-state index contributed by atoms with van der Waals surface area (Å²) in [4.78, 5) is 37.5. The Bertz CT molecular complexity index is 738. The van der Waals surface area contributed by atoms with Crippen LogP contribution in [0.1, 0.15) is 31.1 Å². The van der Waals surface area contributed by atoms with Crippen LogP contribution in [0.2, 0.25) is 0 Å². The molecule has 0 unspecified atom stereocenters. The predicted molar refractivity (Wildman–Crippen MR) is 99.8 cm³/mol. The normalized spacial score (nSPS) is 12.8. The molecule has 0 fully saturated rings. The molecule has 0 spiro atoms. The first-order valence-corrected chi connectivity index (χ1v) is 8.80. The lowest BCUT2D eigenvalue weighted by Gasteiger charge is -2.23. The molecule has 9 nitrogen and oxygen atoms in total. The maximum Gasteiger partial charge on any atom is 0.338 e. The van der Waals surface area contributed by atoms with Crippen molar-refractivity contribution in [3.8, 4) is 17.2 Å². The summed E-state index contributed by atoms with van der Waals surface area (Å²) in [6, 6.07) is 2.94. The molecule has 154 valence electrons. The van der Waals surface area contributed by atoms with E-state index in [1.165, 1.54) is 31.2 Å². The Balaban J connectivity index is 1.94. The molecule has 2 rings (SSSR count). The smallest absolute Gasteiger partial charge is 0.338 e. The first kappa shape index (κ1) is 21.3. The third-order valence-electron chi connectivity index (χ3n) is 3.71. The van der Waals surface area contributed by atoms with Gasteiger partial charge in [-0.25, -0.2) is 4.79 Å². The number of ether oxygens (including phenoxy) is 4. The first-order valence-electron chi connectivity index (χ1n) is 8.80. The van der Waals surface area contributed by atoms with Crippen molar-refractivity contribution in [3.05, 3.63) is 17.7 Å². The Morgan fingerprint density at radius 1 is 1.18 bits per heavy atom. The fourth-order valence-electron chi connectivity index (χ4n) is 2.47. The fraction of sp³-hybridized carbons (Fsp3) is 0.526. The summed E-state index contributed by atoms with van der Waals surface area (Å²) in [6.07, 6.45) is 0. The summed E-state index contributed by atoms with van der Waals surface area (Å²) in [5, 5.41) is 2.76. The minimum atomic E-state index is -0.712. The van der Waals surface area contributed by atoms with Gasteiger partial charge in [0.25, 0.3) is 5.91 Å². The lowest BCUT2D eigenvalue weighted by Crippen LogP contribution is -2.46. The minimum absolute atomic E-state index is 0.133. The number of benzene rings is 1. The van der Waals surface area contributed by atoms with Gasteiger partial charge in [-0.15, -0.1) is 0 Å². The maximum absolute atomic E-state index is 12.3. The van der Waals surface area contributed by atoms with Gasteiger partial charge in [-0.05, 0) is 32.9 Å². The zero-order valence-corrected chi connectivity index (χ0v) is 16.8. The summed E-state index contributed by atoms with van der Waals surface area (Å²) in [6.45, 7) is 5.65. The molecule has 0 aliphatic carbocycles. The van der Waals surface area contributed by atoms with Crippen molar-refractivity contribution in [2.24, 2.45) is 0 Å². The molecule has 0 aromatic heterocycles. The van der Waals surface area contributed by atoms with Gasteiger partial charge >= 0.3 is 5.97 Å². The number of methoxy groups -OCH3 is 1. The molecule has 0 radical (unpaired) electrons. The van der Waals surface area contributed by atoms with E-state index in [1.54, 1.807) is 0 Å². The van der Waals surface area contributed by atoms with Gasteiger partial charge in [0.1, 0.15) is 13.2 Å². The molecule has 1 aromatic rings. The van der Waals surface area contributed by atoms with Crippen molar-refractivity contribution < 1.29 is 33.3 Å². The molecule has 0 atom stereocenters. The Labute approximate surface area is 163 Å². The average Bonchev–Trinajstić information content (AvgIpc) is 2.63. The Morgan fingerprint density at radius 3 is 2.50 bits per heavy atom. The summed E-state index contributed by atoms with van der Waals surface area (Å²) < 4.78 is 21.2. The van der Waals surface area contributed by atoms with Crippen LogP contribution in [0.4, 0.5) is 0 Å². The van der Waals surface area contributed by atoms with Crippen molar-refractivity contribution >= 4 is 17.8 Å². The molecule has 1 heterocycles. The molecular weight excluding hydrogens is 368 g/mol. The molecule has 1 aromatic carbocycles. The molecule has 0 saturated heterocycles. The van der Waals surface area contributed by atoms with Crippen molar-refractivity contribution in [1.82, 2.24) is 10.2 Å². The number of carbonyl (C=O) groups excluding carboxylic acids is 3. The number of fused-ring (bicyclic) bond motifs is 1. The van der Waals surface area contributed by atoms with Crippen molar-refractivity contribution in [2.75, 3.05) is 40.5 Å². The van der Waals surface area contributed by atoms with Gasteiger partial charge in [-0.3, -0.25) is 9.59 Å². The van der Waals surface area contributed by atoms with E-state index >= 15 is 0 Å². The number of hydrogen-bond donors (Lipinski definition) is 1. The third-order valence-corrected chi connectivity index (χ3v) is 3.71. The van der Waals surface area contributed by atoms with E-state index in [0.717, 1.165) is 0 Å². The number of likely N-dealkylation sites (N-methyl/N-ethyl adjacent to an activating group) is 1. The number of amides is 2. The molecular formula is C19H26N2O7. The lowest BCUT2D eigenvalue weighted by molar-refractivity contribution is -0.137. The highest BCUT2D eigenvalue weighted by atomic mass is 16.6. The van der Waals surface area contributed by atoms with E-state index in [-0.39, 0.29) is 18.0 Å². The van der Waals surface area contributed by atoms with Crippen LogP contribution in [0.15, 0.2) is 12.1 Å². The number of carbonyl (C=O) groups is 3. The van der Waals surface area contributed by atoms with Crippen LogP contribution in [0, 0.1) is 0 Å². The van der Waals surface area contributed by atoms with Gasteiger partial charge in [0.15, 0.2) is 18.1 Å². The van der Waals surface area contributed by atoms with E-state index in [1.807, 2.05) is 20.8 Å². The minimum Gasteiger partial charge on any atom is -0.493 e. The zero-order chi connectivity index (χ0) is 20.9. The number of nitrogens with zero attached hydrogens (tertiary/aromatic N) is 1. The second-order valence-electron chi connectivity index (χ2n) is 7.33. The van der Waals surface area contributed by atoms with E-state index < -0.39 is 24.0 Å². The van der Waals surface area contributed by atoms with Crippen LogP contribution < -0.4 is 19.5 Å². The largest absolute Gasteiger partial charge is 0.493 e. The average molecular weight is 394 g/mol. The van der Waals surface area contributed by atoms with Crippen LogP contribution in [-0.2, 0) is 14.3 Å². The van der Waals surface area contributed by atoms with E-state index in [2.05, 4.69) is 5.32 Å². The topological polar surface area (TPSA) is 103 Å². The number of esters is 1. The van der Waals surface area contributed by atoms with Crippen LogP contribution in [0.3, 0.4) is 0 Å². The van der Waals surface area contributed by atoms with Crippen LogP contribution in [0.5, 0.6) is 17.2 Å². The van der Waals surface area contributed by atoms with Crippen LogP contribution in [-0.4, -0.2) is 68.7 Å².